The Hall–Kier alpha value is -1.98. The standard InChI is InChI=1S/C14H8ClFN2OS/c15-12(7-9-2-1-3-11(16)6-9)14-17-13(18-19-14)10-4-5-20-8-10/h1-8H. The molecule has 3 nitrogen and oxygen atoms in total. The first-order valence-corrected chi connectivity index (χ1v) is 7.04. The fourth-order valence-electron chi connectivity index (χ4n) is 1.63. The summed E-state index contributed by atoms with van der Waals surface area (Å²) in [7, 11) is 0. The second-order valence-electron chi connectivity index (χ2n) is 3.98. The van der Waals surface area contributed by atoms with E-state index in [1.54, 1.807) is 29.5 Å². The zero-order valence-corrected chi connectivity index (χ0v) is 11.7. The van der Waals surface area contributed by atoms with Crippen molar-refractivity contribution in [3.63, 3.8) is 0 Å². The maximum Gasteiger partial charge on any atom is 0.269 e. The molecule has 3 rings (SSSR count). The lowest BCUT2D eigenvalue weighted by Gasteiger charge is -1.94. The molecule has 0 unspecified atom stereocenters. The number of aromatic nitrogens is 2. The SMILES string of the molecule is Fc1cccc(C=C(Cl)c2nc(-c3ccsc3)no2)c1. The molecule has 3 aromatic rings. The van der Waals surface area contributed by atoms with E-state index in [-0.39, 0.29) is 16.7 Å². The van der Waals surface area contributed by atoms with E-state index in [0.717, 1.165) is 5.56 Å². The summed E-state index contributed by atoms with van der Waals surface area (Å²) in [6, 6.07) is 7.98. The molecule has 0 aliphatic heterocycles. The molecule has 1 aromatic carbocycles. The first-order valence-electron chi connectivity index (χ1n) is 5.72. The number of rotatable bonds is 3. The number of thiophene rings is 1. The zero-order chi connectivity index (χ0) is 13.9. The third-order valence-corrected chi connectivity index (χ3v) is 3.51. The molecule has 0 saturated carbocycles. The highest BCUT2D eigenvalue weighted by Crippen LogP contribution is 2.25. The Morgan fingerprint density at radius 3 is 3.00 bits per heavy atom. The van der Waals surface area contributed by atoms with Gasteiger partial charge < -0.3 is 4.52 Å². The summed E-state index contributed by atoms with van der Waals surface area (Å²) in [5.41, 5.74) is 1.51. The zero-order valence-electron chi connectivity index (χ0n) is 10.1. The predicted molar refractivity (Wildman–Crippen MR) is 77.7 cm³/mol. The van der Waals surface area contributed by atoms with E-state index in [2.05, 4.69) is 10.1 Å². The fraction of sp³-hybridized carbons (Fsp3) is 0. The average Bonchev–Trinajstić information content (AvgIpc) is 3.10. The summed E-state index contributed by atoms with van der Waals surface area (Å²) < 4.78 is 18.2. The Labute approximate surface area is 123 Å². The van der Waals surface area contributed by atoms with Crippen LogP contribution >= 0.6 is 22.9 Å². The number of nitrogens with zero attached hydrogens (tertiary/aromatic N) is 2. The topological polar surface area (TPSA) is 38.9 Å². The molecule has 0 fully saturated rings. The molecular weight excluding hydrogens is 299 g/mol. The van der Waals surface area contributed by atoms with Gasteiger partial charge in [-0.05, 0) is 35.2 Å². The van der Waals surface area contributed by atoms with Crippen LogP contribution in [0.3, 0.4) is 0 Å². The smallest absolute Gasteiger partial charge is 0.269 e. The minimum atomic E-state index is -0.326. The van der Waals surface area contributed by atoms with Crippen LogP contribution < -0.4 is 0 Å². The van der Waals surface area contributed by atoms with Crippen LogP contribution in [0.15, 0.2) is 45.6 Å². The summed E-state index contributed by atoms with van der Waals surface area (Å²) in [5, 5.41) is 7.97. The molecule has 100 valence electrons. The molecule has 0 amide bonds. The highest BCUT2D eigenvalue weighted by molar-refractivity contribution is 7.08. The van der Waals surface area contributed by atoms with E-state index in [1.165, 1.54) is 12.1 Å². The quantitative estimate of drug-likeness (QED) is 0.705. The minimum absolute atomic E-state index is 0.206. The van der Waals surface area contributed by atoms with Gasteiger partial charge in [0.25, 0.3) is 5.89 Å². The van der Waals surface area contributed by atoms with Gasteiger partial charge in [-0.25, -0.2) is 4.39 Å². The lowest BCUT2D eigenvalue weighted by Crippen LogP contribution is -1.80. The monoisotopic (exact) mass is 306 g/mol. The maximum atomic E-state index is 13.1. The summed E-state index contributed by atoms with van der Waals surface area (Å²) in [4.78, 5) is 4.21. The molecule has 0 N–H and O–H groups in total. The summed E-state index contributed by atoms with van der Waals surface area (Å²) >= 11 is 7.66. The first kappa shape index (κ1) is 13.0. The molecular formula is C14H8ClFN2OS. The Balaban J connectivity index is 1.89. The first-order chi connectivity index (χ1) is 9.72. The van der Waals surface area contributed by atoms with Gasteiger partial charge in [0.1, 0.15) is 10.8 Å². The van der Waals surface area contributed by atoms with E-state index in [0.29, 0.717) is 11.4 Å². The van der Waals surface area contributed by atoms with Crippen LogP contribution in [0, 0.1) is 5.82 Å². The van der Waals surface area contributed by atoms with Gasteiger partial charge >= 0.3 is 0 Å². The molecule has 2 heterocycles. The Kier molecular flexibility index (Phi) is 3.62. The van der Waals surface area contributed by atoms with Gasteiger partial charge in [0.2, 0.25) is 5.82 Å². The van der Waals surface area contributed by atoms with E-state index in [9.17, 15) is 4.39 Å². The summed E-state index contributed by atoms with van der Waals surface area (Å²) in [5.74, 6) is 0.358. The second-order valence-corrected chi connectivity index (χ2v) is 5.17. The van der Waals surface area contributed by atoms with Gasteiger partial charge in [-0.3, -0.25) is 0 Å². The third kappa shape index (κ3) is 2.79. The van der Waals surface area contributed by atoms with Crippen molar-refractivity contribution in [2.75, 3.05) is 0 Å². The molecule has 0 saturated heterocycles. The van der Waals surface area contributed by atoms with Crippen LogP contribution in [-0.4, -0.2) is 10.1 Å². The van der Waals surface area contributed by atoms with E-state index >= 15 is 0 Å². The third-order valence-electron chi connectivity index (χ3n) is 2.55. The molecule has 0 radical (unpaired) electrons. The molecule has 0 spiro atoms. The Morgan fingerprint density at radius 1 is 1.35 bits per heavy atom. The highest BCUT2D eigenvalue weighted by Gasteiger charge is 2.11. The normalized spacial score (nSPS) is 11.8. The van der Waals surface area contributed by atoms with Gasteiger partial charge in [-0.2, -0.15) is 16.3 Å². The van der Waals surface area contributed by atoms with E-state index in [1.807, 2.05) is 16.8 Å². The van der Waals surface area contributed by atoms with Crippen molar-refractivity contribution in [2.45, 2.75) is 0 Å². The van der Waals surface area contributed by atoms with Gasteiger partial charge in [0.05, 0.1) is 0 Å². The fourth-order valence-corrected chi connectivity index (χ4v) is 2.47. The molecule has 0 aliphatic carbocycles. The number of hydrogen-bond acceptors (Lipinski definition) is 4. The average molecular weight is 307 g/mol. The molecule has 2 aromatic heterocycles. The van der Waals surface area contributed by atoms with Crippen molar-refractivity contribution < 1.29 is 8.91 Å². The highest BCUT2D eigenvalue weighted by atomic mass is 35.5. The number of hydrogen-bond donors (Lipinski definition) is 0. The minimum Gasteiger partial charge on any atom is -0.333 e. The van der Waals surface area contributed by atoms with Gasteiger partial charge in [-0.1, -0.05) is 28.9 Å². The van der Waals surface area contributed by atoms with Crippen LogP contribution in [0.4, 0.5) is 4.39 Å². The Bertz CT molecular complexity index is 752. The largest absolute Gasteiger partial charge is 0.333 e. The van der Waals surface area contributed by atoms with Crippen LogP contribution in [0.1, 0.15) is 11.5 Å². The van der Waals surface area contributed by atoms with E-state index in [4.69, 9.17) is 16.1 Å². The van der Waals surface area contributed by atoms with Gasteiger partial charge in [0, 0.05) is 10.9 Å². The van der Waals surface area contributed by atoms with Crippen LogP contribution in [0.2, 0.25) is 0 Å². The van der Waals surface area contributed by atoms with E-state index < -0.39 is 0 Å². The summed E-state index contributed by atoms with van der Waals surface area (Å²) in [6.07, 6.45) is 1.58. The number of benzene rings is 1. The van der Waals surface area contributed by atoms with Crippen molar-refractivity contribution >= 4 is 34.0 Å². The van der Waals surface area contributed by atoms with Crippen molar-refractivity contribution in [1.82, 2.24) is 10.1 Å². The van der Waals surface area contributed by atoms with Crippen LogP contribution in [0.25, 0.3) is 22.5 Å². The lowest BCUT2D eigenvalue weighted by molar-refractivity contribution is 0.410. The van der Waals surface area contributed by atoms with Gasteiger partial charge in [0.15, 0.2) is 0 Å². The second kappa shape index (κ2) is 5.56. The predicted octanol–water partition coefficient (Wildman–Crippen LogP) is 4.67. The molecule has 0 aliphatic rings. The molecule has 20 heavy (non-hydrogen) atoms. The van der Waals surface area contributed by atoms with Crippen LogP contribution in [-0.2, 0) is 0 Å². The van der Waals surface area contributed by atoms with Gasteiger partial charge in [-0.15, -0.1) is 0 Å². The lowest BCUT2D eigenvalue weighted by atomic mass is 10.2. The molecule has 0 bridgehead atoms. The molecule has 0 atom stereocenters. The van der Waals surface area contributed by atoms with Crippen LogP contribution in [0.5, 0.6) is 0 Å². The van der Waals surface area contributed by atoms with Crippen molar-refractivity contribution in [3.8, 4) is 11.4 Å². The maximum absolute atomic E-state index is 13.1. The summed E-state index contributed by atoms with van der Waals surface area (Å²) in [6.45, 7) is 0. The molecule has 6 heteroatoms. The van der Waals surface area contributed by atoms with Crippen molar-refractivity contribution in [1.29, 1.82) is 0 Å². The van der Waals surface area contributed by atoms with Crippen molar-refractivity contribution in [2.24, 2.45) is 0 Å². The van der Waals surface area contributed by atoms with Crippen molar-refractivity contribution in [3.05, 3.63) is 58.4 Å². The number of halogens is 2. The Morgan fingerprint density at radius 2 is 2.25 bits per heavy atom.